The van der Waals surface area contributed by atoms with Gasteiger partial charge in [0, 0.05) is 25.6 Å². The van der Waals surface area contributed by atoms with Crippen molar-refractivity contribution in [3.63, 3.8) is 0 Å². The van der Waals surface area contributed by atoms with E-state index in [-0.39, 0.29) is 17.9 Å². The first-order valence-corrected chi connectivity index (χ1v) is 7.11. The third-order valence-electron chi connectivity index (χ3n) is 3.74. The number of hydrogen-bond donors (Lipinski definition) is 2. The van der Waals surface area contributed by atoms with Crippen LogP contribution >= 0.6 is 0 Å². The number of hydrogen-bond acceptors (Lipinski definition) is 5. The summed E-state index contributed by atoms with van der Waals surface area (Å²) in [4.78, 5) is 30.0. The van der Waals surface area contributed by atoms with Gasteiger partial charge in [0.25, 0.3) is 5.91 Å². The molecule has 1 atom stereocenters. The molecule has 2 amide bonds. The molecule has 0 aromatic heterocycles. The Morgan fingerprint density at radius 1 is 1.45 bits per heavy atom. The third kappa shape index (κ3) is 3.93. The Morgan fingerprint density at radius 3 is 2.70 bits per heavy atom. The number of rotatable bonds is 5. The molecule has 0 unspecified atom stereocenters. The maximum atomic E-state index is 12.0. The van der Waals surface area contributed by atoms with Crippen molar-refractivity contribution in [3.05, 3.63) is 0 Å². The van der Waals surface area contributed by atoms with Crippen molar-refractivity contribution in [2.75, 3.05) is 19.6 Å². The second-order valence-electron chi connectivity index (χ2n) is 5.33. The highest BCUT2D eigenvalue weighted by molar-refractivity contribution is 5.92. The second kappa shape index (κ2) is 6.69. The zero-order valence-corrected chi connectivity index (χ0v) is 11.8. The Labute approximate surface area is 118 Å². The lowest BCUT2D eigenvalue weighted by Crippen LogP contribution is -2.48. The van der Waals surface area contributed by atoms with Gasteiger partial charge in [0.1, 0.15) is 0 Å². The average molecular weight is 282 g/mol. The first-order valence-electron chi connectivity index (χ1n) is 7.11. The Balaban J connectivity index is 1.70. The summed E-state index contributed by atoms with van der Waals surface area (Å²) in [7, 11) is 0. The summed E-state index contributed by atoms with van der Waals surface area (Å²) in [5.41, 5.74) is 6.10. The van der Waals surface area contributed by atoms with Gasteiger partial charge < -0.3 is 15.9 Å². The van der Waals surface area contributed by atoms with E-state index in [1.165, 1.54) is 0 Å². The number of nitrogens with two attached hydrogens (primary N) is 1. The lowest BCUT2D eigenvalue weighted by atomic mass is 10.0. The summed E-state index contributed by atoms with van der Waals surface area (Å²) in [6.07, 6.45) is 2.58. The SMILES string of the molecule is CCC1=NO[C@@H](C(=O)NC2CCN(CC(N)=O)CC2)C1. The molecule has 7 nitrogen and oxygen atoms in total. The quantitative estimate of drug-likeness (QED) is 0.717. The minimum absolute atomic E-state index is 0.0921. The van der Waals surface area contributed by atoms with Crippen molar-refractivity contribution < 1.29 is 14.4 Å². The fourth-order valence-electron chi connectivity index (χ4n) is 2.53. The summed E-state index contributed by atoms with van der Waals surface area (Å²) in [5, 5.41) is 6.89. The van der Waals surface area contributed by atoms with E-state index in [0.717, 1.165) is 38.1 Å². The lowest BCUT2D eigenvalue weighted by Gasteiger charge is -2.31. The molecule has 20 heavy (non-hydrogen) atoms. The monoisotopic (exact) mass is 282 g/mol. The molecule has 2 aliphatic rings. The molecule has 2 heterocycles. The van der Waals surface area contributed by atoms with Gasteiger partial charge in [-0.05, 0) is 19.3 Å². The Hall–Kier alpha value is -1.63. The highest BCUT2D eigenvalue weighted by Gasteiger charge is 2.30. The van der Waals surface area contributed by atoms with Gasteiger partial charge in [0.15, 0.2) is 0 Å². The molecule has 0 aromatic rings. The topological polar surface area (TPSA) is 97.0 Å². The van der Waals surface area contributed by atoms with E-state index in [1.807, 2.05) is 11.8 Å². The van der Waals surface area contributed by atoms with Gasteiger partial charge >= 0.3 is 0 Å². The normalized spacial score (nSPS) is 24.1. The molecule has 0 aliphatic carbocycles. The summed E-state index contributed by atoms with van der Waals surface area (Å²) in [6, 6.07) is 0.140. The molecule has 112 valence electrons. The van der Waals surface area contributed by atoms with Crippen molar-refractivity contribution in [2.24, 2.45) is 10.9 Å². The van der Waals surface area contributed by atoms with Crippen LogP contribution in [0.5, 0.6) is 0 Å². The number of primary amides is 1. The van der Waals surface area contributed by atoms with Crippen LogP contribution in [0.15, 0.2) is 5.16 Å². The van der Waals surface area contributed by atoms with Crippen LogP contribution in [0.1, 0.15) is 32.6 Å². The van der Waals surface area contributed by atoms with Crippen molar-refractivity contribution >= 4 is 17.5 Å². The second-order valence-corrected chi connectivity index (χ2v) is 5.33. The smallest absolute Gasteiger partial charge is 0.264 e. The number of carbonyl (C=O) groups is 2. The average Bonchev–Trinajstić information content (AvgIpc) is 2.89. The van der Waals surface area contributed by atoms with Crippen molar-refractivity contribution in [3.8, 4) is 0 Å². The molecule has 0 aromatic carbocycles. The van der Waals surface area contributed by atoms with E-state index in [0.29, 0.717) is 13.0 Å². The van der Waals surface area contributed by atoms with E-state index in [1.54, 1.807) is 0 Å². The largest absolute Gasteiger partial charge is 0.382 e. The van der Waals surface area contributed by atoms with Crippen LogP contribution < -0.4 is 11.1 Å². The maximum Gasteiger partial charge on any atom is 0.264 e. The van der Waals surface area contributed by atoms with Gasteiger partial charge in [-0.2, -0.15) is 0 Å². The lowest BCUT2D eigenvalue weighted by molar-refractivity contribution is -0.132. The van der Waals surface area contributed by atoms with E-state index in [2.05, 4.69) is 10.5 Å². The number of nitrogens with one attached hydrogen (secondary N) is 1. The standard InChI is InChI=1S/C13H22N4O3/c1-2-9-7-11(20-16-9)13(19)15-10-3-5-17(6-4-10)8-12(14)18/h10-11H,2-8H2,1H3,(H2,14,18)(H,15,19)/t11-/m1/s1. The van der Waals surface area contributed by atoms with Crippen LogP contribution in [0.4, 0.5) is 0 Å². The summed E-state index contributed by atoms with van der Waals surface area (Å²) >= 11 is 0. The zero-order valence-electron chi connectivity index (χ0n) is 11.8. The number of oxime groups is 1. The van der Waals surface area contributed by atoms with Gasteiger partial charge in [-0.1, -0.05) is 12.1 Å². The van der Waals surface area contributed by atoms with Crippen LogP contribution in [0, 0.1) is 0 Å². The number of piperidine rings is 1. The van der Waals surface area contributed by atoms with E-state index in [9.17, 15) is 9.59 Å². The molecule has 0 spiro atoms. The van der Waals surface area contributed by atoms with Crippen LogP contribution in [0.3, 0.4) is 0 Å². The molecule has 1 fully saturated rings. The Kier molecular flexibility index (Phi) is 4.94. The predicted molar refractivity (Wildman–Crippen MR) is 74.0 cm³/mol. The summed E-state index contributed by atoms with van der Waals surface area (Å²) < 4.78 is 0. The summed E-state index contributed by atoms with van der Waals surface area (Å²) in [6.45, 7) is 3.84. The molecule has 0 radical (unpaired) electrons. The molecule has 0 bridgehead atoms. The van der Waals surface area contributed by atoms with Gasteiger partial charge in [-0.3, -0.25) is 14.5 Å². The van der Waals surface area contributed by atoms with E-state index < -0.39 is 6.10 Å². The number of likely N-dealkylation sites (tertiary alicyclic amines) is 1. The van der Waals surface area contributed by atoms with Gasteiger partial charge in [-0.25, -0.2) is 0 Å². The Morgan fingerprint density at radius 2 is 2.15 bits per heavy atom. The minimum atomic E-state index is -0.478. The van der Waals surface area contributed by atoms with Crippen molar-refractivity contribution in [1.82, 2.24) is 10.2 Å². The minimum Gasteiger partial charge on any atom is -0.382 e. The first-order chi connectivity index (χ1) is 9.58. The summed E-state index contributed by atoms with van der Waals surface area (Å²) in [5.74, 6) is -0.401. The number of amides is 2. The Bertz CT molecular complexity index is 402. The van der Waals surface area contributed by atoms with Crippen LogP contribution in [-0.2, 0) is 14.4 Å². The maximum absolute atomic E-state index is 12.0. The molecule has 7 heteroatoms. The molecular weight excluding hydrogens is 260 g/mol. The number of nitrogens with zero attached hydrogens (tertiary/aromatic N) is 2. The van der Waals surface area contributed by atoms with E-state index in [4.69, 9.17) is 10.6 Å². The van der Waals surface area contributed by atoms with Crippen LogP contribution in [-0.4, -0.2) is 54.2 Å². The van der Waals surface area contributed by atoms with Crippen molar-refractivity contribution in [2.45, 2.75) is 44.8 Å². The zero-order chi connectivity index (χ0) is 14.5. The van der Waals surface area contributed by atoms with Crippen LogP contribution in [0.25, 0.3) is 0 Å². The molecule has 1 saturated heterocycles. The molecule has 2 aliphatic heterocycles. The van der Waals surface area contributed by atoms with Gasteiger partial charge in [-0.15, -0.1) is 0 Å². The highest BCUT2D eigenvalue weighted by atomic mass is 16.6. The highest BCUT2D eigenvalue weighted by Crippen LogP contribution is 2.15. The third-order valence-corrected chi connectivity index (χ3v) is 3.74. The van der Waals surface area contributed by atoms with Gasteiger partial charge in [0.2, 0.25) is 12.0 Å². The van der Waals surface area contributed by atoms with Gasteiger partial charge in [0.05, 0.1) is 12.3 Å². The molecular formula is C13H22N4O3. The molecule has 3 N–H and O–H groups in total. The fourth-order valence-corrected chi connectivity index (χ4v) is 2.53. The molecule has 0 saturated carbocycles. The first kappa shape index (κ1) is 14.8. The predicted octanol–water partition coefficient (Wildman–Crippen LogP) is -0.393. The van der Waals surface area contributed by atoms with Crippen molar-refractivity contribution in [1.29, 1.82) is 0 Å². The van der Waals surface area contributed by atoms with E-state index >= 15 is 0 Å². The molecule has 2 rings (SSSR count). The van der Waals surface area contributed by atoms with Crippen LogP contribution in [0.2, 0.25) is 0 Å². The fraction of sp³-hybridized carbons (Fsp3) is 0.769. The number of carbonyl (C=O) groups excluding carboxylic acids is 2.